The Morgan fingerprint density at radius 2 is 2.47 bits per heavy atom. The largest absolute Gasteiger partial charge is 0.466 e. The molecule has 2 aliphatic rings. The number of hydrogen-bond acceptors (Lipinski definition) is 5. The summed E-state index contributed by atoms with van der Waals surface area (Å²) in [6.45, 7) is 0.434. The number of fused-ring (bicyclic) bond motifs is 1. The lowest BCUT2D eigenvalue weighted by molar-refractivity contribution is 0.559. The Balaban J connectivity index is 2.03. The fourth-order valence-electron chi connectivity index (χ4n) is 1.62. The van der Waals surface area contributed by atoms with Crippen LogP contribution in [0, 0.1) is 0 Å². The van der Waals surface area contributed by atoms with Crippen LogP contribution in [0.25, 0.3) is 0 Å². The van der Waals surface area contributed by atoms with E-state index in [-0.39, 0.29) is 12.1 Å². The molecule has 0 saturated carbocycles. The van der Waals surface area contributed by atoms with E-state index in [1.165, 1.54) is 0 Å². The molecule has 0 aromatic rings. The molecule has 2 rings (SSSR count). The average molecular weight is 199 g/mol. The number of hydrogen-bond donors (Lipinski definition) is 2. The Morgan fingerprint density at radius 3 is 3.20 bits per heavy atom. The zero-order chi connectivity index (χ0) is 10.7. The van der Waals surface area contributed by atoms with Crippen LogP contribution >= 0.6 is 0 Å². The smallest absolute Gasteiger partial charge is 0.228 e. The molecule has 0 aromatic carbocycles. The molecule has 73 valence electrons. The molecule has 3 N–H and O–H groups in total. The summed E-state index contributed by atoms with van der Waals surface area (Å²) in [5.74, 6) is 0. The first-order chi connectivity index (χ1) is 7.35. The fraction of sp³-hybridized carbons (Fsp3) is 0.429. The van der Waals surface area contributed by atoms with Crippen molar-refractivity contribution in [3.8, 4) is 0 Å². The summed E-state index contributed by atoms with van der Waals surface area (Å²) in [6, 6.07) is 0.195. The fourth-order valence-corrected chi connectivity index (χ4v) is 1.62. The third kappa shape index (κ3) is 2.16. The van der Waals surface area contributed by atoms with E-state index in [1.807, 2.05) is 10.9 Å². The number of nitrogens with two attached hydrogens (primary N) is 1. The summed E-state index contributed by atoms with van der Waals surface area (Å²) in [5.41, 5.74) is 6.39. The van der Waals surface area contributed by atoms with Crippen LogP contribution in [-0.4, -0.2) is 62.8 Å². The molecule has 0 amide bonds. The van der Waals surface area contributed by atoms with Crippen LogP contribution in [0.15, 0.2) is 21.8 Å². The van der Waals surface area contributed by atoms with Crippen LogP contribution < -0.4 is 5.73 Å². The van der Waals surface area contributed by atoms with Crippen molar-refractivity contribution in [2.75, 3.05) is 6.54 Å². The van der Waals surface area contributed by atoms with E-state index in [4.69, 9.17) is 10.8 Å². The monoisotopic (exact) mass is 199 g/mol. The maximum absolute atomic E-state index is 8.58. The maximum Gasteiger partial charge on any atom is 0.228 e. The van der Waals surface area contributed by atoms with Gasteiger partial charge in [0.1, 0.15) is 6.04 Å². The predicted octanol–water partition coefficient (Wildman–Crippen LogP) is -2.24. The molecule has 15 heavy (non-hydrogen) atoms. The van der Waals surface area contributed by atoms with Crippen molar-refractivity contribution >= 4 is 34.3 Å². The van der Waals surface area contributed by atoms with Gasteiger partial charge in [0.15, 0.2) is 7.31 Å². The second-order valence-corrected chi connectivity index (χ2v) is 3.32. The molecule has 5 nitrogen and oxygen atoms in total. The van der Waals surface area contributed by atoms with Gasteiger partial charge in [-0.2, -0.15) is 0 Å². The van der Waals surface area contributed by atoms with Crippen LogP contribution in [0.2, 0.25) is 0 Å². The van der Waals surface area contributed by atoms with Crippen LogP contribution in [-0.2, 0) is 0 Å². The molecular formula is C7H10B3N4O. The Kier molecular flexibility index (Phi) is 3.28. The zero-order valence-electron chi connectivity index (χ0n) is 8.19. The van der Waals surface area contributed by atoms with E-state index in [0.717, 1.165) is 13.1 Å². The van der Waals surface area contributed by atoms with E-state index in [1.54, 1.807) is 26.9 Å². The van der Waals surface area contributed by atoms with Gasteiger partial charge in [-0.3, -0.25) is 9.98 Å². The van der Waals surface area contributed by atoms with Gasteiger partial charge < -0.3 is 15.6 Å². The van der Waals surface area contributed by atoms with E-state index in [9.17, 15) is 0 Å². The van der Waals surface area contributed by atoms with Crippen LogP contribution in [0.4, 0.5) is 0 Å². The maximum atomic E-state index is 8.58. The predicted molar refractivity (Wildman–Crippen MR) is 63.0 cm³/mol. The van der Waals surface area contributed by atoms with Crippen molar-refractivity contribution in [3.63, 3.8) is 0 Å². The van der Waals surface area contributed by atoms with Crippen LogP contribution in [0.3, 0.4) is 0 Å². The third-order valence-electron chi connectivity index (χ3n) is 2.38. The molecule has 0 saturated heterocycles. The van der Waals surface area contributed by atoms with Crippen molar-refractivity contribution in [2.45, 2.75) is 12.1 Å². The summed E-state index contributed by atoms with van der Waals surface area (Å²) in [7, 11) is 4.31. The lowest BCUT2D eigenvalue weighted by Crippen LogP contribution is -2.43. The first-order valence-corrected chi connectivity index (χ1v) is 4.75. The molecule has 0 aliphatic carbocycles. The summed E-state index contributed by atoms with van der Waals surface area (Å²) in [4.78, 5) is 10.4. The van der Waals surface area contributed by atoms with E-state index < -0.39 is 0 Å². The number of aliphatic imine (C=N–C) groups is 2. The minimum absolute atomic E-state index is 0.0589. The lowest BCUT2D eigenvalue weighted by Gasteiger charge is -2.26. The number of nitrogens with zero attached hydrogens (tertiary/aromatic N) is 3. The molecule has 0 spiro atoms. The van der Waals surface area contributed by atoms with Crippen LogP contribution in [0.5, 0.6) is 0 Å². The van der Waals surface area contributed by atoms with Crippen molar-refractivity contribution in [2.24, 2.45) is 15.7 Å². The standard InChI is InChI=1S/C7H10B3N4O/c11-2-5-1-7-6(3-12-5)13-4-14(7)9-8-10-15/h1,3-4,6-7,15H,2,11H2. The Bertz CT molecular complexity index is 319. The summed E-state index contributed by atoms with van der Waals surface area (Å²) < 4.78 is 0. The van der Waals surface area contributed by atoms with Crippen molar-refractivity contribution in [3.05, 3.63) is 11.8 Å². The normalized spacial score (nSPS) is 27.3. The Morgan fingerprint density at radius 1 is 1.60 bits per heavy atom. The third-order valence-corrected chi connectivity index (χ3v) is 2.38. The quantitative estimate of drug-likeness (QED) is 0.502. The molecule has 3 radical (unpaired) electrons. The highest BCUT2D eigenvalue weighted by Gasteiger charge is 2.29. The van der Waals surface area contributed by atoms with Gasteiger partial charge in [-0.1, -0.05) is 0 Å². The summed E-state index contributed by atoms with van der Waals surface area (Å²) in [6.07, 6.45) is 5.54. The van der Waals surface area contributed by atoms with Crippen molar-refractivity contribution < 1.29 is 5.02 Å². The molecule has 2 aliphatic heterocycles. The van der Waals surface area contributed by atoms with Gasteiger partial charge in [0.2, 0.25) is 7.37 Å². The molecule has 2 atom stereocenters. The zero-order valence-corrected chi connectivity index (χ0v) is 8.19. The highest BCUT2D eigenvalue weighted by Crippen LogP contribution is 2.18. The molecule has 0 bridgehead atoms. The topological polar surface area (TPSA) is 74.2 Å². The molecule has 0 fully saturated rings. The van der Waals surface area contributed by atoms with Gasteiger partial charge >= 0.3 is 0 Å². The molecule has 0 aromatic heterocycles. The molecular weight excluding hydrogens is 189 g/mol. The van der Waals surface area contributed by atoms with E-state index in [2.05, 4.69) is 9.98 Å². The van der Waals surface area contributed by atoms with E-state index >= 15 is 0 Å². The second-order valence-electron chi connectivity index (χ2n) is 3.32. The van der Waals surface area contributed by atoms with E-state index in [0.29, 0.717) is 6.54 Å². The minimum Gasteiger partial charge on any atom is -0.466 e. The highest BCUT2D eigenvalue weighted by molar-refractivity contribution is 7.26. The van der Waals surface area contributed by atoms with Gasteiger partial charge in [-0.15, -0.1) is 0 Å². The van der Waals surface area contributed by atoms with Gasteiger partial charge in [0.05, 0.1) is 25.1 Å². The van der Waals surface area contributed by atoms with Gasteiger partial charge in [0.25, 0.3) is 0 Å². The molecule has 8 heteroatoms. The van der Waals surface area contributed by atoms with Crippen molar-refractivity contribution in [1.82, 2.24) is 4.81 Å². The minimum atomic E-state index is 0.0589. The Labute approximate surface area is 90.9 Å². The molecule has 2 heterocycles. The Hall–Kier alpha value is -1.01. The van der Waals surface area contributed by atoms with Gasteiger partial charge in [-0.25, -0.2) is 0 Å². The second kappa shape index (κ2) is 4.68. The first kappa shape index (κ1) is 10.5. The average Bonchev–Trinajstić information content (AvgIpc) is 2.68. The number of rotatable bonds is 4. The van der Waals surface area contributed by atoms with Gasteiger partial charge in [-0.05, 0) is 6.08 Å². The molecule has 2 unspecified atom stereocenters. The first-order valence-electron chi connectivity index (χ1n) is 4.75. The van der Waals surface area contributed by atoms with Crippen LogP contribution in [0.1, 0.15) is 0 Å². The summed E-state index contributed by atoms with van der Waals surface area (Å²) in [5, 5.41) is 8.58. The SMILES string of the molecule is NCC1=CC2C(C=N1)N=CN2[B][B][B]O. The summed E-state index contributed by atoms with van der Waals surface area (Å²) >= 11 is 0. The highest BCUT2D eigenvalue weighted by atomic mass is 16.2. The van der Waals surface area contributed by atoms with Crippen molar-refractivity contribution in [1.29, 1.82) is 0 Å². The van der Waals surface area contributed by atoms with Gasteiger partial charge in [0, 0.05) is 12.8 Å². The lowest BCUT2D eigenvalue weighted by atomic mass is 9.29.